The predicted molar refractivity (Wildman–Crippen MR) is 94.2 cm³/mol. The SMILES string of the molecule is Cc1c(OC(=O)c2ccco2)ccc2c1O/C(=C\c1ccccc1)C2=O. The largest absolute Gasteiger partial charge is 0.457 e. The van der Waals surface area contributed by atoms with Crippen LogP contribution in [-0.2, 0) is 0 Å². The van der Waals surface area contributed by atoms with Gasteiger partial charge in [-0.1, -0.05) is 30.3 Å². The summed E-state index contributed by atoms with van der Waals surface area (Å²) in [7, 11) is 0. The fraction of sp³-hybridized carbons (Fsp3) is 0.0476. The van der Waals surface area contributed by atoms with Crippen molar-refractivity contribution in [3.05, 3.63) is 89.1 Å². The van der Waals surface area contributed by atoms with Crippen molar-refractivity contribution in [2.45, 2.75) is 6.92 Å². The molecule has 0 spiro atoms. The minimum absolute atomic E-state index is 0.103. The van der Waals surface area contributed by atoms with Crippen LogP contribution in [0.25, 0.3) is 6.08 Å². The molecule has 2 aromatic carbocycles. The first-order valence-electron chi connectivity index (χ1n) is 8.02. The topological polar surface area (TPSA) is 65.7 Å². The summed E-state index contributed by atoms with van der Waals surface area (Å²) in [6.45, 7) is 1.74. The van der Waals surface area contributed by atoms with E-state index in [1.807, 2.05) is 30.3 Å². The normalized spacial score (nSPS) is 14.2. The summed E-state index contributed by atoms with van der Waals surface area (Å²) in [6.07, 6.45) is 3.09. The van der Waals surface area contributed by atoms with Gasteiger partial charge in [0.05, 0.1) is 11.8 Å². The first-order chi connectivity index (χ1) is 12.6. The third-order valence-corrected chi connectivity index (χ3v) is 4.06. The second-order valence-corrected chi connectivity index (χ2v) is 5.78. The number of allylic oxidation sites excluding steroid dienone is 1. The molecule has 0 radical (unpaired) electrons. The first-order valence-corrected chi connectivity index (χ1v) is 8.02. The van der Waals surface area contributed by atoms with Gasteiger partial charge in [0, 0.05) is 5.56 Å². The lowest BCUT2D eigenvalue weighted by atomic mass is 10.1. The number of fused-ring (bicyclic) bond motifs is 1. The molecule has 0 amide bonds. The number of hydrogen-bond donors (Lipinski definition) is 0. The van der Waals surface area contributed by atoms with Crippen LogP contribution in [0, 0.1) is 6.92 Å². The molecule has 0 bridgehead atoms. The zero-order valence-corrected chi connectivity index (χ0v) is 13.9. The van der Waals surface area contributed by atoms with Gasteiger partial charge in [-0.2, -0.15) is 0 Å². The van der Waals surface area contributed by atoms with Gasteiger partial charge in [-0.3, -0.25) is 4.79 Å². The Morgan fingerprint density at radius 3 is 2.58 bits per heavy atom. The van der Waals surface area contributed by atoms with Gasteiger partial charge >= 0.3 is 5.97 Å². The number of rotatable bonds is 3. The van der Waals surface area contributed by atoms with Crippen molar-refractivity contribution in [1.29, 1.82) is 0 Å². The van der Waals surface area contributed by atoms with E-state index >= 15 is 0 Å². The predicted octanol–water partition coefficient (Wildman–Crippen LogP) is 4.42. The molecule has 0 atom stereocenters. The lowest BCUT2D eigenvalue weighted by Crippen LogP contribution is -2.08. The summed E-state index contributed by atoms with van der Waals surface area (Å²) >= 11 is 0. The first kappa shape index (κ1) is 15.9. The van der Waals surface area contributed by atoms with E-state index in [0.717, 1.165) is 5.56 Å². The molecule has 1 aromatic heterocycles. The van der Waals surface area contributed by atoms with Crippen molar-refractivity contribution in [1.82, 2.24) is 0 Å². The van der Waals surface area contributed by atoms with E-state index in [1.165, 1.54) is 12.3 Å². The summed E-state index contributed by atoms with van der Waals surface area (Å²) < 4.78 is 16.2. The molecule has 5 heteroatoms. The van der Waals surface area contributed by atoms with Crippen molar-refractivity contribution in [2.75, 3.05) is 0 Å². The van der Waals surface area contributed by atoms with Gasteiger partial charge in [-0.25, -0.2) is 4.79 Å². The van der Waals surface area contributed by atoms with Crippen molar-refractivity contribution in [3.8, 4) is 11.5 Å². The molecule has 0 unspecified atom stereocenters. The molecular formula is C21H14O5. The monoisotopic (exact) mass is 346 g/mol. The van der Waals surface area contributed by atoms with Crippen LogP contribution >= 0.6 is 0 Å². The van der Waals surface area contributed by atoms with Crippen LogP contribution in [0.4, 0.5) is 0 Å². The number of esters is 1. The lowest BCUT2D eigenvalue weighted by molar-refractivity contribution is 0.0700. The average molecular weight is 346 g/mol. The summed E-state index contributed by atoms with van der Waals surface area (Å²) in [5, 5.41) is 0. The molecule has 0 N–H and O–H groups in total. The smallest absolute Gasteiger partial charge is 0.379 e. The maximum Gasteiger partial charge on any atom is 0.379 e. The summed E-state index contributed by atoms with van der Waals surface area (Å²) in [5.41, 5.74) is 1.89. The van der Waals surface area contributed by atoms with Gasteiger partial charge in [-0.15, -0.1) is 0 Å². The maximum absolute atomic E-state index is 12.6. The highest BCUT2D eigenvalue weighted by molar-refractivity contribution is 6.15. The van der Waals surface area contributed by atoms with Crippen LogP contribution in [0.15, 0.2) is 71.0 Å². The lowest BCUT2D eigenvalue weighted by Gasteiger charge is -2.09. The number of carbonyl (C=O) groups is 2. The van der Waals surface area contributed by atoms with E-state index in [0.29, 0.717) is 22.6 Å². The van der Waals surface area contributed by atoms with Gasteiger partial charge in [-0.05, 0) is 42.8 Å². The summed E-state index contributed by atoms with van der Waals surface area (Å²) in [5.74, 6) is 0.259. The molecule has 0 saturated heterocycles. The minimum atomic E-state index is -0.609. The molecule has 1 aliphatic heterocycles. The number of ketones is 1. The van der Waals surface area contributed by atoms with Gasteiger partial charge in [0.1, 0.15) is 11.5 Å². The number of carbonyl (C=O) groups excluding carboxylic acids is 2. The summed E-state index contributed by atoms with van der Waals surface area (Å²) in [6, 6.07) is 15.8. The van der Waals surface area contributed by atoms with E-state index in [9.17, 15) is 9.59 Å². The molecule has 4 rings (SSSR count). The van der Waals surface area contributed by atoms with E-state index in [1.54, 1.807) is 31.2 Å². The molecule has 2 heterocycles. The highest BCUT2D eigenvalue weighted by Crippen LogP contribution is 2.39. The highest BCUT2D eigenvalue weighted by Gasteiger charge is 2.30. The van der Waals surface area contributed by atoms with Crippen LogP contribution in [0.2, 0.25) is 0 Å². The minimum Gasteiger partial charge on any atom is -0.457 e. The Balaban J connectivity index is 1.64. The zero-order valence-electron chi connectivity index (χ0n) is 13.9. The quantitative estimate of drug-likeness (QED) is 0.399. The number of furan rings is 1. The third-order valence-electron chi connectivity index (χ3n) is 4.06. The Hall–Kier alpha value is -3.60. The maximum atomic E-state index is 12.6. The molecule has 128 valence electrons. The van der Waals surface area contributed by atoms with Crippen molar-refractivity contribution in [2.24, 2.45) is 0 Å². The Labute approximate surface area is 149 Å². The Kier molecular flexibility index (Phi) is 3.89. The second-order valence-electron chi connectivity index (χ2n) is 5.78. The average Bonchev–Trinajstić information content (AvgIpc) is 3.28. The van der Waals surface area contributed by atoms with Gasteiger partial charge in [0.25, 0.3) is 0 Å². The molecule has 3 aromatic rings. The standard InChI is InChI=1S/C21H14O5/c1-13-16(26-21(23)17-8-5-11-24-17)10-9-15-19(22)18(25-20(13)15)12-14-6-3-2-4-7-14/h2-12H,1H3/b18-12-. The number of benzene rings is 2. The van der Waals surface area contributed by atoms with Crippen LogP contribution in [-0.4, -0.2) is 11.8 Å². The van der Waals surface area contributed by atoms with Gasteiger partial charge in [0.15, 0.2) is 5.76 Å². The number of hydrogen-bond acceptors (Lipinski definition) is 5. The van der Waals surface area contributed by atoms with Crippen molar-refractivity contribution in [3.63, 3.8) is 0 Å². The summed E-state index contributed by atoms with van der Waals surface area (Å²) in [4.78, 5) is 24.6. The fourth-order valence-electron chi connectivity index (χ4n) is 2.72. The van der Waals surface area contributed by atoms with Crippen LogP contribution in [0.3, 0.4) is 0 Å². The molecule has 26 heavy (non-hydrogen) atoms. The fourth-order valence-corrected chi connectivity index (χ4v) is 2.72. The van der Waals surface area contributed by atoms with E-state index < -0.39 is 5.97 Å². The Morgan fingerprint density at radius 1 is 1.04 bits per heavy atom. The van der Waals surface area contributed by atoms with E-state index in [2.05, 4.69) is 0 Å². The van der Waals surface area contributed by atoms with Crippen molar-refractivity contribution >= 4 is 17.8 Å². The van der Waals surface area contributed by atoms with Gasteiger partial charge in [0.2, 0.25) is 11.5 Å². The zero-order chi connectivity index (χ0) is 18.1. The molecule has 1 aliphatic rings. The van der Waals surface area contributed by atoms with Crippen LogP contribution in [0.5, 0.6) is 11.5 Å². The molecule has 0 saturated carbocycles. The molecule has 0 aliphatic carbocycles. The third kappa shape index (κ3) is 2.80. The molecule has 5 nitrogen and oxygen atoms in total. The van der Waals surface area contributed by atoms with Crippen LogP contribution in [0.1, 0.15) is 32.0 Å². The van der Waals surface area contributed by atoms with Crippen molar-refractivity contribution < 1.29 is 23.5 Å². The van der Waals surface area contributed by atoms with E-state index in [-0.39, 0.29) is 17.3 Å². The second kappa shape index (κ2) is 6.37. The van der Waals surface area contributed by atoms with Gasteiger partial charge < -0.3 is 13.9 Å². The Morgan fingerprint density at radius 2 is 1.85 bits per heavy atom. The highest BCUT2D eigenvalue weighted by atomic mass is 16.5. The van der Waals surface area contributed by atoms with E-state index in [4.69, 9.17) is 13.9 Å². The molecular weight excluding hydrogens is 332 g/mol. The Bertz CT molecular complexity index is 1010. The number of Topliss-reactive ketones (excluding diaryl/α,β-unsaturated/α-hetero) is 1. The number of ether oxygens (including phenoxy) is 2. The molecule has 0 fully saturated rings. The van der Waals surface area contributed by atoms with Crippen LogP contribution < -0.4 is 9.47 Å².